The molecule has 0 atom stereocenters. The molecule has 3 aromatic rings. The maximum atomic E-state index is 10.3. The maximum Gasteiger partial charge on any atom is 0.335 e. The molecule has 0 spiro atoms. The summed E-state index contributed by atoms with van der Waals surface area (Å²) in [6.07, 6.45) is 0. The Morgan fingerprint density at radius 1 is 0.516 bits per heavy atom. The van der Waals surface area contributed by atoms with E-state index >= 15 is 0 Å². The minimum Gasteiger partial charge on any atom is -0.478 e. The van der Waals surface area contributed by atoms with Gasteiger partial charge >= 0.3 is 17.9 Å². The number of hydrogen-bond donors (Lipinski definition) is 3. The standard InChI is InChI=1S/3C7H5ClO2.Ce/c3*8-6-3-1-2-5(4-6)7(9)10;/h3*1-4H,(H,9,10);. The maximum absolute atomic E-state index is 10.3. The predicted molar refractivity (Wildman–Crippen MR) is 115 cm³/mol. The Hall–Kier alpha value is -1.68. The molecule has 160 valence electrons. The third kappa shape index (κ3) is 12.1. The van der Waals surface area contributed by atoms with Crippen LogP contribution in [0.4, 0.5) is 0 Å². The van der Waals surface area contributed by atoms with Gasteiger partial charge in [0.05, 0.1) is 16.7 Å². The second-order valence-electron chi connectivity index (χ2n) is 5.45. The molecule has 0 unspecified atom stereocenters. The van der Waals surface area contributed by atoms with Gasteiger partial charge in [-0.15, -0.1) is 0 Å². The summed E-state index contributed by atoms with van der Waals surface area (Å²) in [6, 6.07) is 18.4. The van der Waals surface area contributed by atoms with E-state index in [1.807, 2.05) is 0 Å². The third-order valence-electron chi connectivity index (χ3n) is 3.21. The van der Waals surface area contributed by atoms with Gasteiger partial charge in [-0.05, 0) is 54.6 Å². The zero-order valence-corrected chi connectivity index (χ0v) is 21.0. The van der Waals surface area contributed by atoms with Gasteiger partial charge in [0.15, 0.2) is 0 Å². The first-order chi connectivity index (χ1) is 14.1. The molecule has 0 saturated heterocycles. The molecule has 3 aromatic carbocycles. The van der Waals surface area contributed by atoms with Crippen LogP contribution in [-0.4, -0.2) is 33.2 Å². The van der Waals surface area contributed by atoms with Crippen LogP contribution in [0.25, 0.3) is 0 Å². The molecule has 31 heavy (non-hydrogen) atoms. The molecule has 0 aliphatic carbocycles. The molecule has 0 bridgehead atoms. The fraction of sp³-hybridized carbons (Fsp3) is 0. The number of halogens is 3. The van der Waals surface area contributed by atoms with E-state index in [2.05, 4.69) is 0 Å². The summed E-state index contributed by atoms with van der Waals surface area (Å²) in [5.41, 5.74) is 0.646. The van der Waals surface area contributed by atoms with Gasteiger partial charge in [0.1, 0.15) is 0 Å². The number of benzene rings is 3. The van der Waals surface area contributed by atoms with E-state index in [9.17, 15) is 14.4 Å². The van der Waals surface area contributed by atoms with E-state index in [1.54, 1.807) is 36.4 Å². The Morgan fingerprint density at radius 2 is 0.742 bits per heavy atom. The van der Waals surface area contributed by atoms with E-state index in [0.29, 0.717) is 15.1 Å². The summed E-state index contributed by atoms with van der Waals surface area (Å²) in [5, 5.41) is 26.7. The normalized spacial score (nSPS) is 9.00. The van der Waals surface area contributed by atoms with Gasteiger partial charge in [0.25, 0.3) is 0 Å². The average Bonchev–Trinajstić information content (AvgIpc) is 2.69. The van der Waals surface area contributed by atoms with Crippen molar-refractivity contribution in [3.63, 3.8) is 0 Å². The van der Waals surface area contributed by atoms with Crippen molar-refractivity contribution in [2.75, 3.05) is 0 Å². The topological polar surface area (TPSA) is 112 Å². The van der Waals surface area contributed by atoms with Crippen molar-refractivity contribution in [1.82, 2.24) is 0 Å². The largest absolute Gasteiger partial charge is 0.478 e. The molecule has 0 aromatic heterocycles. The number of carboxylic acid groups (broad SMARTS) is 3. The van der Waals surface area contributed by atoms with Gasteiger partial charge in [0, 0.05) is 56.8 Å². The summed E-state index contributed by atoms with van der Waals surface area (Å²) >= 11 is 16.6. The summed E-state index contributed by atoms with van der Waals surface area (Å²) in [5.74, 6) is -2.87. The van der Waals surface area contributed by atoms with Gasteiger partial charge in [0.2, 0.25) is 0 Å². The molecule has 0 radical (unpaired) electrons. The van der Waals surface area contributed by atoms with Crippen LogP contribution in [0.5, 0.6) is 0 Å². The second kappa shape index (κ2) is 15.2. The van der Waals surface area contributed by atoms with E-state index in [1.165, 1.54) is 36.4 Å². The molecule has 0 fully saturated rings. The molecule has 6 nitrogen and oxygen atoms in total. The van der Waals surface area contributed by atoms with Crippen LogP contribution in [0.15, 0.2) is 72.8 Å². The van der Waals surface area contributed by atoms with Gasteiger partial charge in [-0.25, -0.2) is 14.4 Å². The number of aromatic carboxylic acids is 3. The third-order valence-corrected chi connectivity index (χ3v) is 3.92. The number of carboxylic acids is 3. The van der Waals surface area contributed by atoms with E-state index in [-0.39, 0.29) is 58.4 Å². The molecular weight excluding hydrogens is 595 g/mol. The molecule has 0 saturated carbocycles. The molecule has 10 heteroatoms. The van der Waals surface area contributed by atoms with Crippen LogP contribution < -0.4 is 0 Å². The zero-order valence-electron chi connectivity index (χ0n) is 15.6. The molecule has 3 rings (SSSR count). The summed E-state index contributed by atoms with van der Waals surface area (Å²) < 4.78 is 0. The van der Waals surface area contributed by atoms with Crippen LogP contribution in [0.1, 0.15) is 31.1 Å². The van der Waals surface area contributed by atoms with Crippen LogP contribution in [0.3, 0.4) is 0 Å². The number of rotatable bonds is 3. The van der Waals surface area contributed by atoms with Gasteiger partial charge < -0.3 is 15.3 Å². The van der Waals surface area contributed by atoms with Gasteiger partial charge in [-0.2, -0.15) is 0 Å². The van der Waals surface area contributed by atoms with Crippen molar-refractivity contribution in [2.24, 2.45) is 0 Å². The Balaban J connectivity index is 0.000000429. The zero-order chi connectivity index (χ0) is 22.7. The monoisotopic (exact) mass is 608 g/mol. The Morgan fingerprint density at radius 3 is 0.871 bits per heavy atom. The van der Waals surface area contributed by atoms with E-state index < -0.39 is 17.9 Å². The van der Waals surface area contributed by atoms with Gasteiger partial charge in [-0.3, -0.25) is 0 Å². The van der Waals surface area contributed by atoms with Crippen molar-refractivity contribution in [3.05, 3.63) is 105 Å². The van der Waals surface area contributed by atoms with Gasteiger partial charge in [-0.1, -0.05) is 53.0 Å². The van der Waals surface area contributed by atoms with E-state index in [0.717, 1.165) is 0 Å². The first kappa shape index (κ1) is 29.3. The van der Waals surface area contributed by atoms with Crippen LogP contribution >= 0.6 is 34.8 Å². The molecule has 0 heterocycles. The van der Waals surface area contributed by atoms with Crippen molar-refractivity contribution in [2.45, 2.75) is 0 Å². The molecule has 0 aliphatic rings. The fourth-order valence-electron chi connectivity index (χ4n) is 1.86. The quantitative estimate of drug-likeness (QED) is 0.330. The van der Waals surface area contributed by atoms with Crippen molar-refractivity contribution in [1.29, 1.82) is 0 Å². The first-order valence-corrected chi connectivity index (χ1v) is 9.20. The molecule has 3 N–H and O–H groups in total. The molecule has 0 aliphatic heterocycles. The van der Waals surface area contributed by atoms with Crippen LogP contribution in [0.2, 0.25) is 15.1 Å². The Kier molecular flexibility index (Phi) is 14.3. The average molecular weight is 610 g/mol. The van der Waals surface area contributed by atoms with Crippen LogP contribution in [0, 0.1) is 41.7 Å². The van der Waals surface area contributed by atoms with Crippen molar-refractivity contribution in [3.8, 4) is 0 Å². The van der Waals surface area contributed by atoms with Crippen molar-refractivity contribution >= 4 is 52.7 Å². The number of hydrogen-bond acceptors (Lipinski definition) is 3. The second-order valence-corrected chi connectivity index (χ2v) is 6.76. The SMILES string of the molecule is O=C(O)c1cccc(Cl)c1.O=C(O)c1cccc(Cl)c1.O=C(O)c1cccc(Cl)c1.[Ce]. The Bertz CT molecular complexity index is 911. The smallest absolute Gasteiger partial charge is 0.335 e. The summed E-state index contributed by atoms with van der Waals surface area (Å²) in [6.45, 7) is 0. The summed E-state index contributed by atoms with van der Waals surface area (Å²) in [7, 11) is 0. The minimum atomic E-state index is -0.956. The Labute approximate surface area is 226 Å². The summed E-state index contributed by atoms with van der Waals surface area (Å²) in [4.78, 5) is 30.9. The molecular formula is C21H15CeCl3O6. The van der Waals surface area contributed by atoms with E-state index in [4.69, 9.17) is 50.1 Å². The predicted octanol–water partition coefficient (Wildman–Crippen LogP) is 6.11. The van der Waals surface area contributed by atoms with Crippen LogP contribution in [-0.2, 0) is 0 Å². The molecule has 0 amide bonds. The number of carbonyl (C=O) groups is 3. The first-order valence-electron chi connectivity index (χ1n) is 8.06. The van der Waals surface area contributed by atoms with Crippen molar-refractivity contribution < 1.29 is 71.5 Å². The fourth-order valence-corrected chi connectivity index (χ4v) is 2.44. The minimum absolute atomic E-state index is 0.